The molecule has 1 aromatic heterocycles. The number of fused-ring (bicyclic) bond motifs is 1. The zero-order valence-electron chi connectivity index (χ0n) is 12.8. The van der Waals surface area contributed by atoms with Crippen LogP contribution < -0.4 is 0 Å². The van der Waals surface area contributed by atoms with Crippen LogP contribution in [-0.4, -0.2) is 36.6 Å². The van der Waals surface area contributed by atoms with Crippen LogP contribution in [0, 0.1) is 6.92 Å². The molecule has 6 nitrogen and oxygen atoms in total. The number of phenolic OH excluding ortho intramolecular Hbond substituents is 2. The number of aromatic nitrogens is 3. The summed E-state index contributed by atoms with van der Waals surface area (Å²) in [6, 6.07) is 12.7. The van der Waals surface area contributed by atoms with Gasteiger partial charge < -0.3 is 10.2 Å². The van der Waals surface area contributed by atoms with Gasteiger partial charge in [0.2, 0.25) is 5.16 Å². The van der Waals surface area contributed by atoms with Crippen molar-refractivity contribution in [1.82, 2.24) is 14.9 Å². The van der Waals surface area contributed by atoms with Crippen molar-refractivity contribution in [3.8, 4) is 22.9 Å². The van der Waals surface area contributed by atoms with Crippen LogP contribution in [0.2, 0.25) is 0 Å². The van der Waals surface area contributed by atoms with Gasteiger partial charge in [0, 0.05) is 16.9 Å². The van der Waals surface area contributed by atoms with E-state index in [1.807, 2.05) is 31.2 Å². The zero-order chi connectivity index (χ0) is 16.7. The molecule has 0 fully saturated rings. The first-order valence-corrected chi connectivity index (χ1v) is 8.36. The maximum absolute atomic E-state index is 9.71. The van der Waals surface area contributed by atoms with Crippen molar-refractivity contribution in [3.63, 3.8) is 0 Å². The molecule has 0 unspecified atom stereocenters. The fourth-order valence-electron chi connectivity index (χ4n) is 2.54. The number of phenols is 2. The van der Waals surface area contributed by atoms with Crippen LogP contribution >= 0.6 is 11.8 Å². The lowest BCUT2D eigenvalue weighted by Crippen LogP contribution is -2.13. The third-order valence-corrected chi connectivity index (χ3v) is 4.69. The molecule has 120 valence electrons. The molecule has 0 amide bonds. The molecule has 0 spiro atoms. The van der Waals surface area contributed by atoms with E-state index in [-0.39, 0.29) is 11.5 Å². The van der Waals surface area contributed by atoms with Gasteiger partial charge in [0.15, 0.2) is 17.3 Å². The number of aryl methyl sites for hydroxylation is 1. The van der Waals surface area contributed by atoms with Gasteiger partial charge >= 0.3 is 0 Å². The van der Waals surface area contributed by atoms with E-state index in [2.05, 4.69) is 15.3 Å². The first-order valence-electron chi connectivity index (χ1n) is 7.37. The van der Waals surface area contributed by atoms with Gasteiger partial charge in [0.05, 0.1) is 5.71 Å². The molecule has 24 heavy (non-hydrogen) atoms. The first kappa shape index (κ1) is 14.8. The second-order valence-corrected chi connectivity index (χ2v) is 6.47. The average Bonchev–Trinajstić information content (AvgIpc) is 3.00. The van der Waals surface area contributed by atoms with Crippen LogP contribution in [0.1, 0.15) is 11.1 Å². The van der Waals surface area contributed by atoms with Crippen molar-refractivity contribution >= 4 is 17.5 Å². The van der Waals surface area contributed by atoms with E-state index in [1.54, 1.807) is 10.7 Å². The predicted molar refractivity (Wildman–Crippen MR) is 92.6 cm³/mol. The maximum Gasteiger partial charge on any atom is 0.212 e. The van der Waals surface area contributed by atoms with Gasteiger partial charge in [-0.15, -0.1) is 10.2 Å². The number of rotatable bonds is 2. The smallest absolute Gasteiger partial charge is 0.212 e. The van der Waals surface area contributed by atoms with Gasteiger partial charge in [0.1, 0.15) is 0 Å². The molecule has 0 aliphatic carbocycles. The molecule has 0 atom stereocenters. The Kier molecular flexibility index (Phi) is 3.50. The Morgan fingerprint density at radius 2 is 1.88 bits per heavy atom. The number of hydrogen-bond acceptors (Lipinski definition) is 6. The average molecular weight is 338 g/mol. The van der Waals surface area contributed by atoms with E-state index in [0.29, 0.717) is 11.6 Å². The van der Waals surface area contributed by atoms with Crippen molar-refractivity contribution in [1.29, 1.82) is 0 Å². The minimum absolute atomic E-state index is 0.145. The molecule has 2 aromatic carbocycles. The molecule has 2 N–H and O–H groups in total. The van der Waals surface area contributed by atoms with Crippen molar-refractivity contribution in [3.05, 3.63) is 53.6 Å². The Hall–Kier alpha value is -2.80. The second-order valence-electron chi connectivity index (χ2n) is 5.53. The minimum atomic E-state index is -0.159. The largest absolute Gasteiger partial charge is 0.504 e. The molecule has 4 rings (SSSR count). The molecule has 2 heterocycles. The lowest BCUT2D eigenvalue weighted by Gasteiger charge is -2.14. The Morgan fingerprint density at radius 3 is 2.67 bits per heavy atom. The Labute approximate surface area is 142 Å². The van der Waals surface area contributed by atoms with Gasteiger partial charge in [0.25, 0.3) is 0 Å². The van der Waals surface area contributed by atoms with Crippen LogP contribution in [0.25, 0.3) is 11.4 Å². The Morgan fingerprint density at radius 1 is 1.00 bits per heavy atom. The first-order chi connectivity index (χ1) is 11.6. The molecule has 1 aliphatic rings. The lowest BCUT2D eigenvalue weighted by molar-refractivity contribution is 0.403. The van der Waals surface area contributed by atoms with E-state index < -0.39 is 0 Å². The van der Waals surface area contributed by atoms with Crippen LogP contribution in [0.3, 0.4) is 0 Å². The summed E-state index contributed by atoms with van der Waals surface area (Å²) in [4.78, 5) is 0. The SMILES string of the molecule is Cc1cccc(-c2nnc3n2N=C(c2ccc(O)c(O)c2)CS3)c1. The van der Waals surface area contributed by atoms with E-state index in [1.165, 1.54) is 23.9 Å². The van der Waals surface area contributed by atoms with Gasteiger partial charge in [-0.2, -0.15) is 9.78 Å². The number of thioether (sulfide) groups is 1. The summed E-state index contributed by atoms with van der Waals surface area (Å²) in [6.07, 6.45) is 0. The highest BCUT2D eigenvalue weighted by Gasteiger charge is 2.21. The Bertz CT molecular complexity index is 965. The standard InChI is InChI=1S/C17H14N4O2S/c1-10-3-2-4-12(7-10)16-18-19-17-21(16)20-13(9-24-17)11-5-6-14(22)15(23)8-11/h2-8,22-23H,9H2,1H3. The van der Waals surface area contributed by atoms with E-state index in [9.17, 15) is 10.2 Å². The topological polar surface area (TPSA) is 83.5 Å². The molecule has 0 saturated heterocycles. The molecule has 3 aromatic rings. The summed E-state index contributed by atoms with van der Waals surface area (Å²) in [6.45, 7) is 2.03. The fourth-order valence-corrected chi connectivity index (χ4v) is 3.37. The third-order valence-electron chi connectivity index (χ3n) is 3.76. The highest BCUT2D eigenvalue weighted by atomic mass is 32.2. The van der Waals surface area contributed by atoms with Crippen LogP contribution in [0.15, 0.2) is 52.7 Å². The molecule has 0 saturated carbocycles. The zero-order valence-corrected chi connectivity index (χ0v) is 13.7. The third kappa shape index (κ3) is 2.52. The van der Waals surface area contributed by atoms with Gasteiger partial charge in [-0.05, 0) is 31.2 Å². The minimum Gasteiger partial charge on any atom is -0.504 e. The number of aromatic hydroxyl groups is 2. The maximum atomic E-state index is 9.71. The van der Waals surface area contributed by atoms with Crippen molar-refractivity contribution in [2.24, 2.45) is 5.10 Å². The monoisotopic (exact) mass is 338 g/mol. The summed E-state index contributed by atoms with van der Waals surface area (Å²) in [5.74, 6) is 0.999. The molecule has 0 radical (unpaired) electrons. The normalized spacial score (nSPS) is 13.5. The summed E-state index contributed by atoms with van der Waals surface area (Å²) in [5, 5.41) is 33.0. The Balaban J connectivity index is 1.80. The molecule has 7 heteroatoms. The second kappa shape index (κ2) is 5.68. The molecule has 1 aliphatic heterocycles. The molecular weight excluding hydrogens is 324 g/mol. The molecule has 0 bridgehead atoms. The summed E-state index contributed by atoms with van der Waals surface area (Å²) in [5.41, 5.74) is 3.64. The summed E-state index contributed by atoms with van der Waals surface area (Å²) in [7, 11) is 0. The lowest BCUT2D eigenvalue weighted by atomic mass is 10.1. The summed E-state index contributed by atoms with van der Waals surface area (Å²) >= 11 is 1.54. The predicted octanol–water partition coefficient (Wildman–Crippen LogP) is 3.02. The van der Waals surface area contributed by atoms with E-state index in [0.717, 1.165) is 27.6 Å². The van der Waals surface area contributed by atoms with Crippen molar-refractivity contribution in [2.75, 3.05) is 5.75 Å². The highest BCUT2D eigenvalue weighted by Crippen LogP contribution is 2.31. The number of benzene rings is 2. The summed E-state index contributed by atoms with van der Waals surface area (Å²) < 4.78 is 1.72. The van der Waals surface area contributed by atoms with E-state index in [4.69, 9.17) is 0 Å². The van der Waals surface area contributed by atoms with Gasteiger partial charge in [-0.25, -0.2) is 0 Å². The van der Waals surface area contributed by atoms with Crippen LogP contribution in [-0.2, 0) is 0 Å². The fraction of sp³-hybridized carbons (Fsp3) is 0.118. The number of nitrogens with zero attached hydrogens (tertiary/aromatic N) is 4. The van der Waals surface area contributed by atoms with Crippen molar-refractivity contribution in [2.45, 2.75) is 12.1 Å². The molecular formula is C17H14N4O2S. The van der Waals surface area contributed by atoms with Gasteiger partial charge in [-0.1, -0.05) is 35.5 Å². The van der Waals surface area contributed by atoms with Crippen molar-refractivity contribution < 1.29 is 10.2 Å². The number of hydrogen-bond donors (Lipinski definition) is 2. The quantitative estimate of drug-likeness (QED) is 0.702. The highest BCUT2D eigenvalue weighted by molar-refractivity contribution is 7.99. The van der Waals surface area contributed by atoms with Crippen LogP contribution in [0.4, 0.5) is 0 Å². The van der Waals surface area contributed by atoms with Gasteiger partial charge in [-0.3, -0.25) is 0 Å². The van der Waals surface area contributed by atoms with Crippen LogP contribution in [0.5, 0.6) is 11.5 Å². The van der Waals surface area contributed by atoms with E-state index >= 15 is 0 Å².